The summed E-state index contributed by atoms with van der Waals surface area (Å²) >= 11 is 6.03. The molecule has 0 aliphatic heterocycles. The first-order valence-corrected chi connectivity index (χ1v) is 6.48. The molecule has 0 radical (unpaired) electrons. The minimum absolute atomic E-state index is 0.000943. The molecule has 18 heavy (non-hydrogen) atoms. The van der Waals surface area contributed by atoms with Crippen LogP contribution in [0.1, 0.15) is 31.2 Å². The Morgan fingerprint density at radius 1 is 1.50 bits per heavy atom. The van der Waals surface area contributed by atoms with Gasteiger partial charge in [-0.25, -0.2) is 0 Å². The van der Waals surface area contributed by atoms with Crippen molar-refractivity contribution in [2.75, 3.05) is 6.61 Å². The third kappa shape index (κ3) is 3.07. The third-order valence-corrected chi connectivity index (χ3v) is 3.66. The molecule has 1 saturated carbocycles. The number of hydrogen-bond acceptors (Lipinski definition) is 3. The Hall–Kier alpha value is -1.42. The lowest BCUT2D eigenvalue weighted by atomic mass is 9.83. The minimum atomic E-state index is 0.000943. The molecule has 1 aromatic carbocycles. The lowest BCUT2D eigenvalue weighted by molar-refractivity contribution is 0.222. The predicted molar refractivity (Wildman–Crippen MR) is 71.4 cm³/mol. The average Bonchev–Trinajstić information content (AvgIpc) is 2.31. The van der Waals surface area contributed by atoms with Crippen LogP contribution in [-0.2, 0) is 0 Å². The van der Waals surface area contributed by atoms with E-state index in [1.54, 1.807) is 18.2 Å². The topological polar surface area (TPSA) is 67.8 Å². The van der Waals surface area contributed by atoms with Crippen LogP contribution < -0.4 is 10.5 Å². The molecule has 1 aliphatic carbocycles. The molecule has 0 bridgehead atoms. The molecule has 5 heteroatoms. The van der Waals surface area contributed by atoms with Crippen LogP contribution in [0.5, 0.6) is 5.75 Å². The summed E-state index contributed by atoms with van der Waals surface area (Å²) in [6.07, 6.45) is 5.10. The zero-order chi connectivity index (χ0) is 13.0. The van der Waals surface area contributed by atoms with Crippen molar-refractivity contribution in [2.24, 2.45) is 16.8 Å². The van der Waals surface area contributed by atoms with E-state index in [-0.39, 0.29) is 5.84 Å². The first kappa shape index (κ1) is 13.0. The second-order valence-corrected chi connectivity index (χ2v) is 4.97. The van der Waals surface area contributed by atoms with Crippen molar-refractivity contribution in [3.05, 3.63) is 28.8 Å². The molecule has 2 rings (SSSR count). The second-order valence-electron chi connectivity index (χ2n) is 4.56. The normalized spacial score (nSPS) is 16.4. The van der Waals surface area contributed by atoms with E-state index < -0.39 is 0 Å². The Morgan fingerprint density at radius 2 is 2.28 bits per heavy atom. The fourth-order valence-electron chi connectivity index (χ4n) is 1.97. The highest BCUT2D eigenvalue weighted by Crippen LogP contribution is 2.29. The van der Waals surface area contributed by atoms with Crippen LogP contribution in [0.2, 0.25) is 5.02 Å². The highest BCUT2D eigenvalue weighted by Gasteiger charge is 2.17. The summed E-state index contributed by atoms with van der Waals surface area (Å²) in [4.78, 5) is 0. The van der Waals surface area contributed by atoms with Crippen molar-refractivity contribution in [1.29, 1.82) is 0 Å². The number of nitrogens with two attached hydrogens (primary N) is 1. The lowest BCUT2D eigenvalue weighted by Gasteiger charge is -2.25. The third-order valence-electron chi connectivity index (χ3n) is 3.34. The van der Waals surface area contributed by atoms with Gasteiger partial charge in [-0.3, -0.25) is 0 Å². The minimum Gasteiger partial charge on any atom is -0.494 e. The number of ether oxygens (including phenoxy) is 1. The summed E-state index contributed by atoms with van der Waals surface area (Å²) in [5.74, 6) is 1.55. The van der Waals surface area contributed by atoms with Crippen LogP contribution in [0.4, 0.5) is 0 Å². The highest BCUT2D eigenvalue weighted by molar-refractivity contribution is 6.34. The monoisotopic (exact) mass is 268 g/mol. The predicted octanol–water partition coefficient (Wildman–Crippen LogP) is 3.00. The quantitative estimate of drug-likeness (QED) is 0.373. The van der Waals surface area contributed by atoms with Crippen LogP contribution >= 0.6 is 11.6 Å². The van der Waals surface area contributed by atoms with Crippen molar-refractivity contribution >= 4 is 17.4 Å². The number of halogens is 1. The van der Waals surface area contributed by atoms with E-state index in [1.807, 2.05) is 0 Å². The largest absolute Gasteiger partial charge is 0.494 e. The molecule has 1 fully saturated rings. The summed E-state index contributed by atoms with van der Waals surface area (Å²) in [5.41, 5.74) is 5.99. The standard InChI is InChI=1S/C13H17ClN2O2/c14-12-8-10(4-5-11(12)13(15)16-17)18-7-6-9-2-1-3-9/h4-5,8-9,17H,1-3,6-7H2,(H2,15,16). The molecule has 0 spiro atoms. The molecule has 4 nitrogen and oxygen atoms in total. The molecular formula is C13H17ClN2O2. The van der Waals surface area contributed by atoms with Gasteiger partial charge in [-0.2, -0.15) is 0 Å². The Morgan fingerprint density at radius 3 is 2.83 bits per heavy atom. The zero-order valence-electron chi connectivity index (χ0n) is 10.1. The fraction of sp³-hybridized carbons (Fsp3) is 0.462. The van der Waals surface area contributed by atoms with Gasteiger partial charge in [0.1, 0.15) is 5.75 Å². The maximum Gasteiger partial charge on any atom is 0.171 e. The van der Waals surface area contributed by atoms with Gasteiger partial charge in [0.25, 0.3) is 0 Å². The van der Waals surface area contributed by atoms with Crippen molar-refractivity contribution in [2.45, 2.75) is 25.7 Å². The molecular weight excluding hydrogens is 252 g/mol. The van der Waals surface area contributed by atoms with Gasteiger partial charge in [0, 0.05) is 5.56 Å². The highest BCUT2D eigenvalue weighted by atomic mass is 35.5. The average molecular weight is 269 g/mol. The van der Waals surface area contributed by atoms with E-state index in [0.717, 1.165) is 12.3 Å². The molecule has 3 N–H and O–H groups in total. The Bertz CT molecular complexity index is 445. The Labute approximate surface area is 111 Å². The van der Waals surface area contributed by atoms with Gasteiger partial charge >= 0.3 is 0 Å². The van der Waals surface area contributed by atoms with Crippen molar-refractivity contribution in [1.82, 2.24) is 0 Å². The number of oxime groups is 1. The molecule has 1 aliphatic rings. The van der Waals surface area contributed by atoms with E-state index >= 15 is 0 Å². The molecule has 1 aromatic rings. The van der Waals surface area contributed by atoms with E-state index in [2.05, 4.69) is 5.16 Å². The fourth-order valence-corrected chi connectivity index (χ4v) is 2.24. The van der Waals surface area contributed by atoms with Crippen LogP contribution in [0, 0.1) is 5.92 Å². The number of benzene rings is 1. The number of rotatable bonds is 5. The van der Waals surface area contributed by atoms with Crippen LogP contribution in [0.15, 0.2) is 23.4 Å². The molecule has 0 unspecified atom stereocenters. The Balaban J connectivity index is 1.91. The van der Waals surface area contributed by atoms with Crippen LogP contribution in [0.25, 0.3) is 0 Å². The maximum absolute atomic E-state index is 8.59. The maximum atomic E-state index is 8.59. The molecule has 0 saturated heterocycles. The van der Waals surface area contributed by atoms with Crippen molar-refractivity contribution in [3.8, 4) is 5.75 Å². The SMILES string of the molecule is N/C(=N/O)c1ccc(OCCC2CCC2)cc1Cl. The molecule has 0 aromatic heterocycles. The van der Waals surface area contributed by atoms with E-state index in [1.165, 1.54) is 19.3 Å². The molecule has 0 atom stereocenters. The first-order valence-electron chi connectivity index (χ1n) is 6.11. The van der Waals surface area contributed by atoms with Crippen LogP contribution in [0.3, 0.4) is 0 Å². The zero-order valence-corrected chi connectivity index (χ0v) is 10.9. The van der Waals surface area contributed by atoms with Crippen LogP contribution in [-0.4, -0.2) is 17.6 Å². The van der Waals surface area contributed by atoms with E-state index in [4.69, 9.17) is 27.3 Å². The van der Waals surface area contributed by atoms with E-state index in [0.29, 0.717) is 22.9 Å². The van der Waals surface area contributed by atoms with Gasteiger partial charge in [-0.1, -0.05) is 36.0 Å². The van der Waals surface area contributed by atoms with Crippen molar-refractivity contribution < 1.29 is 9.94 Å². The summed E-state index contributed by atoms with van der Waals surface area (Å²) in [6.45, 7) is 0.712. The number of amidine groups is 1. The smallest absolute Gasteiger partial charge is 0.171 e. The first-order chi connectivity index (χ1) is 8.70. The Kier molecular flexibility index (Phi) is 4.31. The lowest BCUT2D eigenvalue weighted by Crippen LogP contribution is -2.15. The van der Waals surface area contributed by atoms with Gasteiger partial charge < -0.3 is 15.7 Å². The number of nitrogens with zero attached hydrogens (tertiary/aromatic N) is 1. The van der Waals surface area contributed by atoms with Gasteiger partial charge in [-0.05, 0) is 30.5 Å². The van der Waals surface area contributed by atoms with Gasteiger partial charge in [0.2, 0.25) is 0 Å². The van der Waals surface area contributed by atoms with Gasteiger partial charge in [0.05, 0.1) is 11.6 Å². The summed E-state index contributed by atoms with van der Waals surface area (Å²) < 4.78 is 5.63. The van der Waals surface area contributed by atoms with Crippen molar-refractivity contribution in [3.63, 3.8) is 0 Å². The molecule has 0 heterocycles. The van der Waals surface area contributed by atoms with Gasteiger partial charge in [0.15, 0.2) is 5.84 Å². The molecule has 98 valence electrons. The second kappa shape index (κ2) is 5.96. The molecule has 0 amide bonds. The summed E-state index contributed by atoms with van der Waals surface area (Å²) in [5, 5.41) is 11.9. The van der Waals surface area contributed by atoms with E-state index in [9.17, 15) is 0 Å². The number of hydrogen-bond donors (Lipinski definition) is 2. The van der Waals surface area contributed by atoms with Gasteiger partial charge in [-0.15, -0.1) is 0 Å². The summed E-state index contributed by atoms with van der Waals surface area (Å²) in [7, 11) is 0. The summed E-state index contributed by atoms with van der Waals surface area (Å²) in [6, 6.07) is 5.16.